The average molecular weight is 249 g/mol. The van der Waals surface area contributed by atoms with Crippen molar-refractivity contribution in [2.24, 2.45) is 0 Å². The minimum Gasteiger partial charge on any atom is -0.488 e. The maximum Gasteiger partial charge on any atom is 0.173 e. The first-order valence-corrected chi connectivity index (χ1v) is 5.92. The first-order valence-electron chi connectivity index (χ1n) is 5.92. The highest BCUT2D eigenvalue weighted by Crippen LogP contribution is 2.27. The number of aromatic amines is 1. The molecule has 3 aromatic rings. The highest BCUT2D eigenvalue weighted by atomic mass is 16.5. The van der Waals surface area contributed by atoms with E-state index in [-0.39, 0.29) is 0 Å². The number of hydrogen-bond acceptors (Lipinski definition) is 3. The minimum atomic E-state index is 0.360. The van der Waals surface area contributed by atoms with E-state index in [1.165, 1.54) is 0 Å². The van der Waals surface area contributed by atoms with Gasteiger partial charge in [-0.3, -0.25) is 5.10 Å². The molecule has 3 rings (SSSR count). The van der Waals surface area contributed by atoms with Crippen molar-refractivity contribution in [2.75, 3.05) is 0 Å². The molecule has 0 fully saturated rings. The standard InChI is InChI=1S/C15H11N3O/c16-9-13-15-12(17-18-13)7-4-8-14(15)19-10-11-5-2-1-3-6-11/h1-8H,10H2,(H,17,18). The molecule has 2 aromatic carbocycles. The lowest BCUT2D eigenvalue weighted by molar-refractivity contribution is 0.310. The predicted octanol–water partition coefficient (Wildman–Crippen LogP) is 3.01. The molecule has 0 saturated heterocycles. The number of rotatable bonds is 3. The topological polar surface area (TPSA) is 61.7 Å². The van der Waals surface area contributed by atoms with E-state index in [0.29, 0.717) is 18.1 Å². The number of hydrogen-bond donors (Lipinski definition) is 1. The van der Waals surface area contributed by atoms with E-state index in [1.54, 1.807) is 0 Å². The predicted molar refractivity (Wildman–Crippen MR) is 71.6 cm³/mol. The zero-order valence-electron chi connectivity index (χ0n) is 10.1. The molecule has 1 aromatic heterocycles. The summed E-state index contributed by atoms with van der Waals surface area (Å²) in [5.74, 6) is 0.673. The van der Waals surface area contributed by atoms with Gasteiger partial charge in [-0.05, 0) is 17.7 Å². The van der Waals surface area contributed by atoms with Gasteiger partial charge in [0.25, 0.3) is 0 Å². The van der Waals surface area contributed by atoms with Gasteiger partial charge < -0.3 is 4.74 Å². The van der Waals surface area contributed by atoms with Crippen LogP contribution in [0.15, 0.2) is 48.5 Å². The SMILES string of the molecule is N#Cc1n[nH]c2cccc(OCc3ccccc3)c12. The van der Waals surface area contributed by atoms with Crippen molar-refractivity contribution >= 4 is 10.9 Å². The molecule has 0 aliphatic carbocycles. The Morgan fingerprint density at radius 1 is 1.11 bits per heavy atom. The van der Waals surface area contributed by atoms with Crippen LogP contribution in [0.2, 0.25) is 0 Å². The van der Waals surface area contributed by atoms with Gasteiger partial charge >= 0.3 is 0 Å². The van der Waals surface area contributed by atoms with Crippen LogP contribution in [0.3, 0.4) is 0 Å². The van der Waals surface area contributed by atoms with Crippen molar-refractivity contribution in [1.82, 2.24) is 10.2 Å². The molecule has 0 saturated carbocycles. The fourth-order valence-electron chi connectivity index (χ4n) is 1.98. The number of nitrogens with zero attached hydrogens (tertiary/aromatic N) is 2. The van der Waals surface area contributed by atoms with Crippen LogP contribution in [-0.4, -0.2) is 10.2 Å². The van der Waals surface area contributed by atoms with Crippen LogP contribution in [0.4, 0.5) is 0 Å². The lowest BCUT2D eigenvalue weighted by atomic mass is 10.2. The molecular formula is C15H11N3O. The molecule has 19 heavy (non-hydrogen) atoms. The second-order valence-corrected chi connectivity index (χ2v) is 4.14. The average Bonchev–Trinajstić information content (AvgIpc) is 2.90. The Balaban J connectivity index is 1.93. The molecule has 1 heterocycles. The molecule has 4 nitrogen and oxygen atoms in total. The molecule has 0 spiro atoms. The van der Waals surface area contributed by atoms with E-state index < -0.39 is 0 Å². The third-order valence-corrected chi connectivity index (χ3v) is 2.89. The van der Waals surface area contributed by atoms with Crippen LogP contribution in [0.25, 0.3) is 10.9 Å². The lowest BCUT2D eigenvalue weighted by Crippen LogP contribution is -1.95. The summed E-state index contributed by atoms with van der Waals surface area (Å²) in [4.78, 5) is 0. The van der Waals surface area contributed by atoms with E-state index in [1.807, 2.05) is 48.5 Å². The highest BCUT2D eigenvalue weighted by molar-refractivity contribution is 5.89. The van der Waals surface area contributed by atoms with Crippen molar-refractivity contribution < 1.29 is 4.74 Å². The normalized spacial score (nSPS) is 10.3. The van der Waals surface area contributed by atoms with Crippen molar-refractivity contribution in [3.63, 3.8) is 0 Å². The Bertz CT molecular complexity index is 741. The van der Waals surface area contributed by atoms with Crippen LogP contribution < -0.4 is 4.74 Å². The summed E-state index contributed by atoms with van der Waals surface area (Å²) in [5, 5.41) is 16.6. The molecule has 0 aliphatic rings. The smallest absolute Gasteiger partial charge is 0.173 e. The fourth-order valence-corrected chi connectivity index (χ4v) is 1.98. The molecular weight excluding hydrogens is 238 g/mol. The second-order valence-electron chi connectivity index (χ2n) is 4.14. The molecule has 0 aliphatic heterocycles. The zero-order valence-corrected chi connectivity index (χ0v) is 10.1. The quantitative estimate of drug-likeness (QED) is 0.776. The number of fused-ring (bicyclic) bond motifs is 1. The first kappa shape index (κ1) is 11.3. The number of nitrogens with one attached hydrogen (secondary N) is 1. The monoisotopic (exact) mass is 249 g/mol. The lowest BCUT2D eigenvalue weighted by Gasteiger charge is -2.07. The maximum absolute atomic E-state index is 9.05. The first-order chi connectivity index (χ1) is 9.38. The van der Waals surface area contributed by atoms with Gasteiger partial charge in [-0.1, -0.05) is 36.4 Å². The van der Waals surface area contributed by atoms with Crippen molar-refractivity contribution in [3.05, 3.63) is 59.8 Å². The van der Waals surface area contributed by atoms with Gasteiger partial charge in [0.15, 0.2) is 5.69 Å². The van der Waals surface area contributed by atoms with Gasteiger partial charge in [-0.2, -0.15) is 10.4 Å². The van der Waals surface area contributed by atoms with Gasteiger partial charge in [-0.15, -0.1) is 0 Å². The van der Waals surface area contributed by atoms with Crippen LogP contribution in [0.5, 0.6) is 5.75 Å². The molecule has 4 heteroatoms. The van der Waals surface area contributed by atoms with E-state index in [2.05, 4.69) is 16.3 Å². The van der Waals surface area contributed by atoms with E-state index >= 15 is 0 Å². The largest absolute Gasteiger partial charge is 0.488 e. The summed E-state index contributed by atoms with van der Waals surface area (Å²) in [6.07, 6.45) is 0. The summed E-state index contributed by atoms with van der Waals surface area (Å²) in [6.45, 7) is 0.468. The van der Waals surface area contributed by atoms with Crippen molar-refractivity contribution in [2.45, 2.75) is 6.61 Å². The summed E-state index contributed by atoms with van der Waals surface area (Å²) >= 11 is 0. The summed E-state index contributed by atoms with van der Waals surface area (Å²) < 4.78 is 5.80. The number of aromatic nitrogens is 2. The molecule has 0 bridgehead atoms. The minimum absolute atomic E-state index is 0.360. The van der Waals surface area contributed by atoms with Gasteiger partial charge in [0.1, 0.15) is 18.4 Å². The van der Waals surface area contributed by atoms with Gasteiger partial charge in [0.2, 0.25) is 0 Å². The van der Waals surface area contributed by atoms with Gasteiger partial charge in [-0.25, -0.2) is 0 Å². The third-order valence-electron chi connectivity index (χ3n) is 2.89. The van der Waals surface area contributed by atoms with Crippen LogP contribution in [0, 0.1) is 11.3 Å². The van der Waals surface area contributed by atoms with Gasteiger partial charge in [0, 0.05) is 0 Å². The summed E-state index contributed by atoms with van der Waals surface area (Å²) in [7, 11) is 0. The number of nitriles is 1. The number of ether oxygens (including phenoxy) is 1. The molecule has 1 N–H and O–H groups in total. The second kappa shape index (κ2) is 4.83. The van der Waals surface area contributed by atoms with Crippen LogP contribution in [-0.2, 0) is 6.61 Å². The Kier molecular flexibility index (Phi) is 2.87. The molecule has 0 unspecified atom stereocenters. The van der Waals surface area contributed by atoms with E-state index in [9.17, 15) is 0 Å². The molecule has 0 radical (unpaired) electrons. The molecule has 0 atom stereocenters. The van der Waals surface area contributed by atoms with Crippen LogP contribution >= 0.6 is 0 Å². The number of H-pyrrole nitrogens is 1. The van der Waals surface area contributed by atoms with E-state index in [4.69, 9.17) is 10.00 Å². The zero-order chi connectivity index (χ0) is 13.1. The molecule has 92 valence electrons. The Hall–Kier alpha value is -2.80. The third kappa shape index (κ3) is 2.14. The van der Waals surface area contributed by atoms with Crippen molar-refractivity contribution in [1.29, 1.82) is 5.26 Å². The Morgan fingerprint density at radius 3 is 2.74 bits per heavy atom. The maximum atomic E-state index is 9.05. The summed E-state index contributed by atoms with van der Waals surface area (Å²) in [5.41, 5.74) is 2.25. The van der Waals surface area contributed by atoms with Gasteiger partial charge in [0.05, 0.1) is 10.9 Å². The number of benzene rings is 2. The van der Waals surface area contributed by atoms with Crippen molar-refractivity contribution in [3.8, 4) is 11.8 Å². The summed E-state index contributed by atoms with van der Waals surface area (Å²) in [6, 6.07) is 17.6. The fraction of sp³-hybridized carbons (Fsp3) is 0.0667. The van der Waals surface area contributed by atoms with Crippen LogP contribution in [0.1, 0.15) is 11.3 Å². The Morgan fingerprint density at radius 2 is 1.95 bits per heavy atom. The van der Waals surface area contributed by atoms with E-state index in [0.717, 1.165) is 16.5 Å². The molecule has 0 amide bonds. The Labute approximate surface area is 110 Å². The highest BCUT2D eigenvalue weighted by Gasteiger charge is 2.10.